The minimum Gasteiger partial charge on any atom is -0.391 e. The van der Waals surface area contributed by atoms with Gasteiger partial charge in [0.2, 0.25) is 0 Å². The Morgan fingerprint density at radius 1 is 1.43 bits per heavy atom. The number of imidazole rings is 1. The highest BCUT2D eigenvalue weighted by Crippen LogP contribution is 2.18. The van der Waals surface area contributed by atoms with E-state index in [1.807, 2.05) is 37.6 Å². The maximum Gasteiger partial charge on any atom is 0.0949 e. The first kappa shape index (κ1) is 14.6. The maximum absolute atomic E-state index is 10.3. The molecule has 0 saturated carbocycles. The molecule has 0 bridgehead atoms. The van der Waals surface area contributed by atoms with Gasteiger partial charge in [0, 0.05) is 43.8 Å². The van der Waals surface area contributed by atoms with Crippen LogP contribution in [-0.2, 0) is 26.4 Å². The van der Waals surface area contributed by atoms with Gasteiger partial charge in [-0.15, -0.1) is 0 Å². The zero-order valence-electron chi connectivity index (χ0n) is 12.2. The van der Waals surface area contributed by atoms with E-state index in [1.54, 1.807) is 0 Å². The largest absolute Gasteiger partial charge is 0.391 e. The zero-order valence-corrected chi connectivity index (χ0v) is 12.9. The van der Waals surface area contributed by atoms with Crippen LogP contribution in [0.5, 0.6) is 0 Å². The van der Waals surface area contributed by atoms with Gasteiger partial charge in [-0.2, -0.15) is 0 Å². The minimum atomic E-state index is -0.381. The van der Waals surface area contributed by atoms with Gasteiger partial charge < -0.3 is 9.67 Å². The summed E-state index contributed by atoms with van der Waals surface area (Å²) in [5.41, 5.74) is 3.53. The third-order valence-electron chi connectivity index (χ3n) is 4.01. The predicted octanol–water partition coefficient (Wildman–Crippen LogP) is 2.04. The summed E-state index contributed by atoms with van der Waals surface area (Å²) in [7, 11) is 2.04. The second-order valence-corrected chi connectivity index (χ2v) is 6.16. The average Bonchev–Trinajstić information content (AvgIpc) is 2.80. The Kier molecular flexibility index (Phi) is 4.29. The van der Waals surface area contributed by atoms with Crippen molar-refractivity contribution in [3.05, 3.63) is 52.6 Å². The van der Waals surface area contributed by atoms with Crippen molar-refractivity contribution in [2.75, 3.05) is 13.1 Å². The molecule has 0 spiro atoms. The van der Waals surface area contributed by atoms with Crippen molar-refractivity contribution in [3.8, 4) is 0 Å². The molecule has 2 aromatic rings. The third-order valence-corrected chi connectivity index (χ3v) is 4.25. The van der Waals surface area contributed by atoms with Crippen LogP contribution in [0.4, 0.5) is 0 Å². The predicted molar refractivity (Wildman–Crippen MR) is 83.4 cm³/mol. The van der Waals surface area contributed by atoms with Crippen LogP contribution in [0.2, 0.25) is 5.02 Å². The number of aromatic nitrogens is 2. The molecule has 1 aromatic carbocycles. The third kappa shape index (κ3) is 3.46. The summed E-state index contributed by atoms with van der Waals surface area (Å²) in [4.78, 5) is 6.70. The number of β-amino-alcohol motifs (C(OH)–C–C–N with tert-alkyl or cyclic N) is 1. The second kappa shape index (κ2) is 6.18. The summed E-state index contributed by atoms with van der Waals surface area (Å²) in [6.07, 6.45) is 3.12. The molecule has 0 radical (unpaired) electrons. The number of aliphatic hydroxyl groups is 1. The first-order valence-electron chi connectivity index (χ1n) is 7.26. The van der Waals surface area contributed by atoms with Crippen LogP contribution in [0, 0.1) is 0 Å². The molecule has 1 unspecified atom stereocenters. The topological polar surface area (TPSA) is 41.3 Å². The van der Waals surface area contributed by atoms with Crippen molar-refractivity contribution in [1.29, 1.82) is 0 Å². The molecule has 0 amide bonds. The van der Waals surface area contributed by atoms with Gasteiger partial charge in [-0.1, -0.05) is 23.7 Å². The summed E-state index contributed by atoms with van der Waals surface area (Å²) >= 11 is 5.98. The first-order valence-corrected chi connectivity index (χ1v) is 7.63. The fourth-order valence-electron chi connectivity index (χ4n) is 2.97. The summed E-state index contributed by atoms with van der Waals surface area (Å²) in [6.45, 7) is 2.46. The first-order chi connectivity index (χ1) is 10.1. The Bertz CT molecular complexity index is 626. The van der Waals surface area contributed by atoms with E-state index in [0.717, 1.165) is 35.8 Å². The summed E-state index contributed by atoms with van der Waals surface area (Å²) < 4.78 is 2.09. The lowest BCUT2D eigenvalue weighted by Gasteiger charge is -2.28. The lowest BCUT2D eigenvalue weighted by molar-refractivity contribution is 0.104. The number of benzene rings is 1. The smallest absolute Gasteiger partial charge is 0.0949 e. The Hall–Kier alpha value is -1.36. The number of rotatable bonds is 4. The molecule has 1 aromatic heterocycles. The Balaban J connectivity index is 1.57. The van der Waals surface area contributed by atoms with E-state index in [0.29, 0.717) is 13.0 Å². The van der Waals surface area contributed by atoms with E-state index in [2.05, 4.69) is 14.5 Å². The van der Waals surface area contributed by atoms with Gasteiger partial charge >= 0.3 is 0 Å². The summed E-state index contributed by atoms with van der Waals surface area (Å²) in [5, 5.41) is 11.0. The molecule has 21 heavy (non-hydrogen) atoms. The number of aryl methyl sites for hydroxylation is 1. The number of aliphatic hydroxyl groups excluding tert-OH is 1. The molecule has 0 aliphatic carbocycles. The number of hydrogen-bond acceptors (Lipinski definition) is 3. The van der Waals surface area contributed by atoms with Crippen LogP contribution in [0.25, 0.3) is 0 Å². The van der Waals surface area contributed by atoms with E-state index in [4.69, 9.17) is 11.6 Å². The molecule has 4 nitrogen and oxygen atoms in total. The Labute approximate surface area is 130 Å². The van der Waals surface area contributed by atoms with Gasteiger partial charge in [0.05, 0.1) is 18.1 Å². The molecule has 2 heterocycles. The lowest BCUT2D eigenvalue weighted by Crippen LogP contribution is -2.37. The molecular formula is C16H20ClN3O. The van der Waals surface area contributed by atoms with E-state index in [-0.39, 0.29) is 6.10 Å². The van der Waals surface area contributed by atoms with Crippen LogP contribution >= 0.6 is 11.6 Å². The van der Waals surface area contributed by atoms with Gasteiger partial charge in [-0.3, -0.25) is 4.90 Å². The molecule has 3 rings (SSSR count). The average molecular weight is 306 g/mol. The summed E-state index contributed by atoms with van der Waals surface area (Å²) in [6, 6.07) is 7.69. The number of nitrogens with zero attached hydrogens (tertiary/aromatic N) is 3. The van der Waals surface area contributed by atoms with E-state index in [9.17, 15) is 5.11 Å². The van der Waals surface area contributed by atoms with Gasteiger partial charge in [0.25, 0.3) is 0 Å². The fraction of sp³-hybridized carbons (Fsp3) is 0.438. The highest BCUT2D eigenvalue weighted by atomic mass is 35.5. The van der Waals surface area contributed by atoms with Crippen molar-refractivity contribution >= 4 is 11.6 Å². The second-order valence-electron chi connectivity index (χ2n) is 5.72. The van der Waals surface area contributed by atoms with Gasteiger partial charge in [0.1, 0.15) is 0 Å². The van der Waals surface area contributed by atoms with Crippen LogP contribution < -0.4 is 0 Å². The number of hydrogen-bond donors (Lipinski definition) is 1. The zero-order chi connectivity index (χ0) is 14.8. The van der Waals surface area contributed by atoms with E-state index in [1.165, 1.54) is 5.69 Å². The highest BCUT2D eigenvalue weighted by Gasteiger charge is 2.21. The molecule has 1 atom stereocenters. The number of fused-ring (bicyclic) bond motifs is 1. The monoisotopic (exact) mass is 305 g/mol. The quantitative estimate of drug-likeness (QED) is 0.940. The summed E-state index contributed by atoms with van der Waals surface area (Å²) in [5.74, 6) is 0. The van der Waals surface area contributed by atoms with Crippen LogP contribution in [0.15, 0.2) is 30.6 Å². The highest BCUT2D eigenvalue weighted by molar-refractivity contribution is 6.30. The van der Waals surface area contributed by atoms with Crippen LogP contribution in [0.1, 0.15) is 17.0 Å². The van der Waals surface area contributed by atoms with Crippen molar-refractivity contribution in [2.24, 2.45) is 7.05 Å². The molecular weight excluding hydrogens is 286 g/mol. The standard InChI is InChI=1S/C16H20ClN3O/c1-19-11-18-15-10-20(6-5-16(15)19)9-14(21)8-12-3-2-4-13(17)7-12/h2-4,7,11,14,21H,5-6,8-10H2,1H3. The van der Waals surface area contributed by atoms with Crippen molar-refractivity contribution in [2.45, 2.75) is 25.5 Å². The lowest BCUT2D eigenvalue weighted by atomic mass is 10.1. The molecule has 1 N–H and O–H groups in total. The van der Waals surface area contributed by atoms with Crippen LogP contribution in [0.3, 0.4) is 0 Å². The number of halogens is 1. The molecule has 1 aliphatic rings. The molecule has 1 aliphatic heterocycles. The normalized spacial score (nSPS) is 16.7. The van der Waals surface area contributed by atoms with E-state index < -0.39 is 0 Å². The van der Waals surface area contributed by atoms with Gasteiger partial charge in [-0.25, -0.2) is 4.98 Å². The van der Waals surface area contributed by atoms with E-state index >= 15 is 0 Å². The molecule has 112 valence electrons. The Morgan fingerprint density at radius 2 is 2.29 bits per heavy atom. The maximum atomic E-state index is 10.3. The van der Waals surface area contributed by atoms with Crippen molar-refractivity contribution in [3.63, 3.8) is 0 Å². The van der Waals surface area contributed by atoms with Crippen LogP contribution in [-0.4, -0.2) is 38.8 Å². The van der Waals surface area contributed by atoms with Crippen molar-refractivity contribution in [1.82, 2.24) is 14.5 Å². The van der Waals surface area contributed by atoms with Gasteiger partial charge in [0.15, 0.2) is 0 Å². The Morgan fingerprint density at radius 3 is 3.10 bits per heavy atom. The fourth-order valence-corrected chi connectivity index (χ4v) is 3.18. The SMILES string of the molecule is Cn1cnc2c1CCN(CC(O)Cc1cccc(Cl)c1)C2. The molecule has 0 saturated heterocycles. The molecule has 0 fully saturated rings. The van der Waals surface area contributed by atoms with Crippen molar-refractivity contribution < 1.29 is 5.11 Å². The van der Waals surface area contributed by atoms with Gasteiger partial charge in [-0.05, 0) is 24.1 Å². The molecule has 5 heteroatoms. The minimum absolute atomic E-state index is 0.381.